The molecule has 1 unspecified atom stereocenters. The third-order valence-corrected chi connectivity index (χ3v) is 5.42. The van der Waals surface area contributed by atoms with Crippen molar-refractivity contribution in [2.24, 2.45) is 0 Å². The van der Waals surface area contributed by atoms with Crippen molar-refractivity contribution < 1.29 is 0 Å². The summed E-state index contributed by atoms with van der Waals surface area (Å²) in [6, 6.07) is 8.27. The Kier molecular flexibility index (Phi) is 5.32. The summed E-state index contributed by atoms with van der Waals surface area (Å²) in [7, 11) is 0. The second-order valence-electron chi connectivity index (χ2n) is 6.16. The molecule has 5 heteroatoms. The molecule has 1 aromatic heterocycles. The van der Waals surface area contributed by atoms with Crippen LogP contribution in [-0.4, -0.2) is 15.0 Å². The van der Waals surface area contributed by atoms with Crippen molar-refractivity contribution in [3.8, 4) is 11.4 Å². The minimum absolute atomic E-state index is 0.148. The van der Waals surface area contributed by atoms with E-state index in [1.54, 1.807) is 11.8 Å². The van der Waals surface area contributed by atoms with Gasteiger partial charge in [0.2, 0.25) is 5.28 Å². The highest BCUT2D eigenvalue weighted by Gasteiger charge is 2.15. The van der Waals surface area contributed by atoms with Crippen LogP contribution >= 0.6 is 23.4 Å². The van der Waals surface area contributed by atoms with Crippen molar-refractivity contribution in [3.05, 3.63) is 82.8 Å². The molecule has 2 aromatic rings. The molecule has 0 aliphatic heterocycles. The molecule has 0 saturated carbocycles. The van der Waals surface area contributed by atoms with Gasteiger partial charge in [-0.15, -0.1) is 0 Å². The van der Waals surface area contributed by atoms with Gasteiger partial charge in [-0.1, -0.05) is 66.4 Å². The smallest absolute Gasteiger partial charge is 0.212 e. The Balaban J connectivity index is 1.62. The summed E-state index contributed by atoms with van der Waals surface area (Å²) >= 11 is 7.95. The maximum atomic E-state index is 6.19. The van der Waals surface area contributed by atoms with Gasteiger partial charge < -0.3 is 0 Å². The van der Waals surface area contributed by atoms with Gasteiger partial charge in [0.1, 0.15) is 5.82 Å². The van der Waals surface area contributed by atoms with Crippen molar-refractivity contribution in [2.45, 2.75) is 30.1 Å². The standard InChI is InChI=1S/C21H18ClN3S/c22-21-24-19(15-8-3-1-4-9-15)23-20(25-21)16-10-7-13-18(14-16)26-17-11-5-2-6-12-17/h1,3-5,7-8,10-15H,2,6,9H2. The first-order valence-corrected chi connectivity index (χ1v) is 9.87. The Morgan fingerprint density at radius 3 is 2.81 bits per heavy atom. The second-order valence-corrected chi connectivity index (χ2v) is 7.64. The van der Waals surface area contributed by atoms with E-state index >= 15 is 0 Å². The van der Waals surface area contributed by atoms with E-state index in [4.69, 9.17) is 11.6 Å². The molecule has 4 rings (SSSR count). The first-order chi connectivity index (χ1) is 12.8. The Bertz CT molecular complexity index is 931. The molecule has 2 aliphatic rings. The van der Waals surface area contributed by atoms with Gasteiger partial charge in [-0.05, 0) is 43.0 Å². The molecule has 0 spiro atoms. The number of benzene rings is 1. The fourth-order valence-electron chi connectivity index (χ4n) is 2.93. The highest BCUT2D eigenvalue weighted by Crippen LogP contribution is 2.32. The Labute approximate surface area is 162 Å². The molecular weight excluding hydrogens is 362 g/mol. The molecule has 0 N–H and O–H groups in total. The van der Waals surface area contributed by atoms with Crippen LogP contribution in [0.3, 0.4) is 0 Å². The number of nitrogens with zero attached hydrogens (tertiary/aromatic N) is 3. The molecule has 2 aliphatic carbocycles. The van der Waals surface area contributed by atoms with E-state index < -0.39 is 0 Å². The summed E-state index contributed by atoms with van der Waals surface area (Å²) in [5, 5.41) is 0.240. The number of allylic oxidation sites excluding steroid dienone is 7. The zero-order chi connectivity index (χ0) is 17.8. The van der Waals surface area contributed by atoms with Crippen LogP contribution in [0, 0.1) is 0 Å². The molecule has 0 saturated heterocycles. The summed E-state index contributed by atoms with van der Waals surface area (Å²) in [5.41, 5.74) is 0.955. The van der Waals surface area contributed by atoms with Crippen LogP contribution in [-0.2, 0) is 0 Å². The summed E-state index contributed by atoms with van der Waals surface area (Å²) in [6.45, 7) is 0. The fourth-order valence-corrected chi connectivity index (χ4v) is 4.07. The number of hydrogen-bond acceptors (Lipinski definition) is 4. The topological polar surface area (TPSA) is 38.7 Å². The number of aromatic nitrogens is 3. The lowest BCUT2D eigenvalue weighted by atomic mass is 10.0. The fraction of sp³-hybridized carbons (Fsp3) is 0.190. The van der Waals surface area contributed by atoms with Crippen LogP contribution in [0.4, 0.5) is 0 Å². The van der Waals surface area contributed by atoms with Gasteiger partial charge >= 0.3 is 0 Å². The molecule has 0 amide bonds. The second kappa shape index (κ2) is 8.02. The normalized spacial score (nSPS) is 18.8. The minimum atomic E-state index is 0.148. The number of thioether (sulfide) groups is 1. The molecule has 0 fully saturated rings. The summed E-state index contributed by atoms with van der Waals surface area (Å²) < 4.78 is 0. The molecule has 3 nitrogen and oxygen atoms in total. The summed E-state index contributed by atoms with van der Waals surface area (Å²) in [6.07, 6.45) is 18.1. The average molecular weight is 380 g/mol. The average Bonchev–Trinajstić information content (AvgIpc) is 2.69. The molecule has 130 valence electrons. The van der Waals surface area contributed by atoms with Gasteiger partial charge in [0, 0.05) is 21.3 Å². The van der Waals surface area contributed by atoms with E-state index in [1.165, 1.54) is 9.80 Å². The molecule has 0 radical (unpaired) electrons. The Morgan fingerprint density at radius 1 is 1.04 bits per heavy atom. The van der Waals surface area contributed by atoms with E-state index in [0.29, 0.717) is 5.82 Å². The van der Waals surface area contributed by atoms with Crippen molar-refractivity contribution in [2.75, 3.05) is 0 Å². The summed E-state index contributed by atoms with van der Waals surface area (Å²) in [4.78, 5) is 15.8. The van der Waals surface area contributed by atoms with Crippen LogP contribution in [0.15, 0.2) is 76.6 Å². The number of rotatable bonds is 4. The predicted octanol–water partition coefficient (Wildman–Crippen LogP) is 6.12. The number of hydrogen-bond donors (Lipinski definition) is 0. The maximum absolute atomic E-state index is 6.19. The van der Waals surface area contributed by atoms with Crippen LogP contribution < -0.4 is 0 Å². The molecule has 0 bridgehead atoms. The SMILES string of the molecule is Clc1nc(-c2cccc(SC3=CCCC=C3)c2)nc(C2C=CC=CC2)n1. The van der Waals surface area contributed by atoms with Crippen LogP contribution in [0.2, 0.25) is 5.28 Å². The van der Waals surface area contributed by atoms with Gasteiger partial charge in [0.05, 0.1) is 0 Å². The first-order valence-electron chi connectivity index (χ1n) is 8.68. The van der Waals surface area contributed by atoms with Crippen molar-refractivity contribution in [1.82, 2.24) is 15.0 Å². The van der Waals surface area contributed by atoms with Gasteiger partial charge in [0.15, 0.2) is 5.82 Å². The van der Waals surface area contributed by atoms with Crippen LogP contribution in [0.25, 0.3) is 11.4 Å². The number of halogens is 1. The van der Waals surface area contributed by atoms with Gasteiger partial charge in [-0.3, -0.25) is 0 Å². The first kappa shape index (κ1) is 17.3. The van der Waals surface area contributed by atoms with Gasteiger partial charge in [-0.2, -0.15) is 4.98 Å². The molecule has 1 atom stereocenters. The van der Waals surface area contributed by atoms with Crippen molar-refractivity contribution in [1.29, 1.82) is 0 Å². The highest BCUT2D eigenvalue weighted by atomic mass is 35.5. The van der Waals surface area contributed by atoms with Crippen molar-refractivity contribution >= 4 is 23.4 Å². The molecule has 26 heavy (non-hydrogen) atoms. The molecular formula is C21H18ClN3S. The van der Waals surface area contributed by atoms with Gasteiger partial charge in [0.25, 0.3) is 0 Å². The van der Waals surface area contributed by atoms with Crippen molar-refractivity contribution in [3.63, 3.8) is 0 Å². The largest absolute Gasteiger partial charge is 0.226 e. The monoisotopic (exact) mass is 379 g/mol. The van der Waals surface area contributed by atoms with E-state index in [9.17, 15) is 0 Å². The zero-order valence-electron chi connectivity index (χ0n) is 14.2. The maximum Gasteiger partial charge on any atom is 0.226 e. The quantitative estimate of drug-likeness (QED) is 0.641. The van der Waals surface area contributed by atoms with E-state index in [0.717, 1.165) is 30.7 Å². The lowest BCUT2D eigenvalue weighted by molar-refractivity contribution is 0.761. The third-order valence-electron chi connectivity index (χ3n) is 4.23. The lowest BCUT2D eigenvalue weighted by Gasteiger charge is -2.13. The Hall–Kier alpha value is -2.17. The summed E-state index contributed by atoms with van der Waals surface area (Å²) in [5.74, 6) is 1.49. The van der Waals surface area contributed by atoms with Crippen LogP contribution in [0.1, 0.15) is 31.0 Å². The predicted molar refractivity (Wildman–Crippen MR) is 108 cm³/mol. The van der Waals surface area contributed by atoms with E-state index in [2.05, 4.69) is 57.5 Å². The Morgan fingerprint density at radius 2 is 2.00 bits per heavy atom. The minimum Gasteiger partial charge on any atom is -0.212 e. The zero-order valence-corrected chi connectivity index (χ0v) is 15.7. The van der Waals surface area contributed by atoms with Crippen LogP contribution in [0.5, 0.6) is 0 Å². The molecule has 1 heterocycles. The van der Waals surface area contributed by atoms with E-state index in [1.807, 2.05) is 24.3 Å². The van der Waals surface area contributed by atoms with Gasteiger partial charge in [-0.25, -0.2) is 9.97 Å². The highest BCUT2D eigenvalue weighted by molar-refractivity contribution is 8.03. The molecule has 1 aromatic carbocycles. The van der Waals surface area contributed by atoms with E-state index in [-0.39, 0.29) is 11.2 Å². The lowest BCUT2D eigenvalue weighted by Crippen LogP contribution is -2.06. The third kappa shape index (κ3) is 4.14.